The van der Waals surface area contributed by atoms with Gasteiger partial charge < -0.3 is 15.2 Å². The third-order valence-electron chi connectivity index (χ3n) is 2.21. The van der Waals surface area contributed by atoms with Gasteiger partial charge in [0, 0.05) is 31.3 Å². The molecular formula is C11H16FNO2. The average Bonchev–Trinajstić information content (AvgIpc) is 2.17. The third-order valence-corrected chi connectivity index (χ3v) is 2.21. The lowest BCUT2D eigenvalue weighted by Gasteiger charge is -2.14. The molecule has 0 aliphatic heterocycles. The smallest absolute Gasteiger partial charge is 0.131 e. The van der Waals surface area contributed by atoms with E-state index in [4.69, 9.17) is 9.84 Å². The number of nitrogens with one attached hydrogen (secondary N) is 1. The molecule has 0 heterocycles. The second-order valence-electron chi connectivity index (χ2n) is 3.37. The summed E-state index contributed by atoms with van der Waals surface area (Å²) in [5.74, 6) is -0.451. The fourth-order valence-electron chi connectivity index (χ4n) is 1.35. The van der Waals surface area contributed by atoms with Crippen molar-refractivity contribution in [3.05, 3.63) is 29.6 Å². The molecule has 0 aromatic heterocycles. The molecule has 0 amide bonds. The number of methoxy groups -OCH3 is 1. The van der Waals surface area contributed by atoms with Crippen molar-refractivity contribution in [2.75, 3.05) is 20.3 Å². The molecular weight excluding hydrogens is 197 g/mol. The Morgan fingerprint density at radius 2 is 2.27 bits per heavy atom. The molecule has 0 spiro atoms. The van der Waals surface area contributed by atoms with Crippen molar-refractivity contribution in [2.24, 2.45) is 0 Å². The number of ether oxygens (including phenoxy) is 1. The van der Waals surface area contributed by atoms with Crippen LogP contribution in [0.4, 0.5) is 4.39 Å². The molecule has 0 fully saturated rings. The Kier molecular flexibility index (Phi) is 4.52. The molecule has 0 radical (unpaired) electrons. The minimum atomic E-state index is -0.396. The van der Waals surface area contributed by atoms with Crippen molar-refractivity contribution in [1.82, 2.24) is 5.32 Å². The summed E-state index contributed by atoms with van der Waals surface area (Å²) >= 11 is 0. The van der Waals surface area contributed by atoms with E-state index in [1.807, 2.05) is 6.92 Å². The van der Waals surface area contributed by atoms with Gasteiger partial charge in [-0.1, -0.05) is 6.07 Å². The van der Waals surface area contributed by atoms with E-state index in [1.165, 1.54) is 6.07 Å². The van der Waals surface area contributed by atoms with Crippen molar-refractivity contribution < 1.29 is 14.2 Å². The molecule has 0 aliphatic carbocycles. The number of hydrogen-bond acceptors (Lipinski definition) is 3. The van der Waals surface area contributed by atoms with Crippen LogP contribution in [0.2, 0.25) is 0 Å². The lowest BCUT2D eigenvalue weighted by atomic mass is 10.1. The molecule has 4 heteroatoms. The first-order valence-corrected chi connectivity index (χ1v) is 4.86. The van der Waals surface area contributed by atoms with Gasteiger partial charge in [0.1, 0.15) is 11.6 Å². The highest BCUT2D eigenvalue weighted by Gasteiger charge is 2.10. The van der Waals surface area contributed by atoms with E-state index in [2.05, 4.69) is 5.32 Å². The summed E-state index contributed by atoms with van der Waals surface area (Å²) in [5.41, 5.74) is 0.545. The second kappa shape index (κ2) is 5.68. The van der Waals surface area contributed by atoms with Gasteiger partial charge in [-0.25, -0.2) is 4.39 Å². The third kappa shape index (κ3) is 3.49. The molecule has 1 rings (SSSR count). The maximum atomic E-state index is 13.4. The highest BCUT2D eigenvalue weighted by Crippen LogP contribution is 2.20. The first-order chi connectivity index (χ1) is 7.15. The molecule has 1 atom stereocenters. The molecule has 0 aliphatic rings. The summed E-state index contributed by atoms with van der Waals surface area (Å²) in [4.78, 5) is 0. The summed E-state index contributed by atoms with van der Waals surface area (Å²) < 4.78 is 18.3. The van der Waals surface area contributed by atoms with Crippen LogP contribution in [0, 0.1) is 5.82 Å². The maximum Gasteiger partial charge on any atom is 0.131 e. The topological polar surface area (TPSA) is 41.5 Å². The number of halogens is 1. The van der Waals surface area contributed by atoms with Crippen LogP contribution in [-0.2, 0) is 4.74 Å². The Hall–Kier alpha value is -1.13. The van der Waals surface area contributed by atoms with Gasteiger partial charge in [0.25, 0.3) is 0 Å². The fourth-order valence-corrected chi connectivity index (χ4v) is 1.35. The zero-order chi connectivity index (χ0) is 11.3. The monoisotopic (exact) mass is 213 g/mol. The van der Waals surface area contributed by atoms with Crippen molar-refractivity contribution in [3.63, 3.8) is 0 Å². The zero-order valence-electron chi connectivity index (χ0n) is 8.96. The van der Waals surface area contributed by atoms with Gasteiger partial charge in [-0.3, -0.25) is 0 Å². The van der Waals surface area contributed by atoms with Gasteiger partial charge in [-0.2, -0.15) is 0 Å². The number of phenolic OH excluding ortho intramolecular Hbond substituents is 1. The highest BCUT2D eigenvalue weighted by atomic mass is 19.1. The van der Waals surface area contributed by atoms with Gasteiger partial charge in [-0.15, -0.1) is 0 Å². The number of benzene rings is 1. The van der Waals surface area contributed by atoms with Crippen molar-refractivity contribution in [3.8, 4) is 5.75 Å². The standard InChI is InChI=1S/C11H16FNO2/c1-8(13-5-6-15-2)10-4-3-9(14)7-11(10)12/h3-4,7-8,13-14H,5-6H2,1-2H3. The van der Waals surface area contributed by atoms with Crippen LogP contribution in [0.15, 0.2) is 18.2 Å². The van der Waals surface area contributed by atoms with E-state index >= 15 is 0 Å². The van der Waals surface area contributed by atoms with E-state index in [0.29, 0.717) is 18.7 Å². The minimum Gasteiger partial charge on any atom is -0.508 e. The molecule has 1 unspecified atom stereocenters. The Labute approximate surface area is 88.9 Å². The van der Waals surface area contributed by atoms with E-state index < -0.39 is 5.82 Å². The quantitative estimate of drug-likeness (QED) is 0.733. The van der Waals surface area contributed by atoms with Crippen LogP contribution in [0.5, 0.6) is 5.75 Å². The Morgan fingerprint density at radius 1 is 1.53 bits per heavy atom. The van der Waals surface area contributed by atoms with Crippen molar-refractivity contribution in [1.29, 1.82) is 0 Å². The van der Waals surface area contributed by atoms with E-state index in [1.54, 1.807) is 13.2 Å². The predicted molar refractivity (Wildman–Crippen MR) is 56.4 cm³/mol. The van der Waals surface area contributed by atoms with E-state index in [0.717, 1.165) is 6.07 Å². The summed E-state index contributed by atoms with van der Waals surface area (Å²) in [5, 5.41) is 12.2. The second-order valence-corrected chi connectivity index (χ2v) is 3.37. The van der Waals surface area contributed by atoms with Crippen molar-refractivity contribution >= 4 is 0 Å². The first kappa shape index (κ1) is 11.9. The minimum absolute atomic E-state index is 0.0552. The lowest BCUT2D eigenvalue weighted by Crippen LogP contribution is -2.23. The number of aromatic hydroxyl groups is 1. The largest absolute Gasteiger partial charge is 0.508 e. The highest BCUT2D eigenvalue weighted by molar-refractivity contribution is 5.29. The predicted octanol–water partition coefficient (Wildman–Crippen LogP) is 1.83. The zero-order valence-corrected chi connectivity index (χ0v) is 8.96. The molecule has 0 bridgehead atoms. The van der Waals surface area contributed by atoms with Crippen LogP contribution in [0.25, 0.3) is 0 Å². The molecule has 1 aromatic carbocycles. The summed E-state index contributed by atoms with van der Waals surface area (Å²) in [6.45, 7) is 3.12. The molecule has 1 aromatic rings. The Balaban J connectivity index is 2.61. The van der Waals surface area contributed by atoms with Gasteiger partial charge in [0.05, 0.1) is 6.61 Å². The Bertz CT molecular complexity index is 317. The van der Waals surface area contributed by atoms with E-state index in [9.17, 15) is 4.39 Å². The summed E-state index contributed by atoms with van der Waals surface area (Å²) in [6.07, 6.45) is 0. The number of rotatable bonds is 5. The SMILES string of the molecule is COCCNC(C)c1ccc(O)cc1F. The van der Waals surface area contributed by atoms with Gasteiger partial charge in [0.2, 0.25) is 0 Å². The molecule has 15 heavy (non-hydrogen) atoms. The number of phenols is 1. The van der Waals surface area contributed by atoms with Crippen molar-refractivity contribution in [2.45, 2.75) is 13.0 Å². The van der Waals surface area contributed by atoms with Crippen LogP contribution >= 0.6 is 0 Å². The summed E-state index contributed by atoms with van der Waals surface area (Å²) in [7, 11) is 1.62. The summed E-state index contributed by atoms with van der Waals surface area (Å²) in [6, 6.07) is 4.08. The molecule has 2 N–H and O–H groups in total. The first-order valence-electron chi connectivity index (χ1n) is 4.86. The molecule has 84 valence electrons. The molecule has 3 nitrogen and oxygen atoms in total. The van der Waals surface area contributed by atoms with Gasteiger partial charge >= 0.3 is 0 Å². The van der Waals surface area contributed by atoms with E-state index in [-0.39, 0.29) is 11.8 Å². The van der Waals surface area contributed by atoms with Crippen LogP contribution in [0.1, 0.15) is 18.5 Å². The maximum absolute atomic E-state index is 13.4. The fraction of sp³-hybridized carbons (Fsp3) is 0.455. The molecule has 0 saturated carbocycles. The van der Waals surface area contributed by atoms with Crippen LogP contribution < -0.4 is 5.32 Å². The van der Waals surface area contributed by atoms with Gasteiger partial charge in [0.15, 0.2) is 0 Å². The normalized spacial score (nSPS) is 12.7. The van der Waals surface area contributed by atoms with Gasteiger partial charge in [-0.05, 0) is 13.0 Å². The average molecular weight is 213 g/mol. The van der Waals surface area contributed by atoms with Crippen LogP contribution in [-0.4, -0.2) is 25.4 Å². The Morgan fingerprint density at radius 3 is 2.87 bits per heavy atom. The number of hydrogen-bond donors (Lipinski definition) is 2. The molecule has 0 saturated heterocycles. The lowest BCUT2D eigenvalue weighted by molar-refractivity contribution is 0.196. The van der Waals surface area contributed by atoms with Crippen LogP contribution in [0.3, 0.4) is 0 Å².